The van der Waals surface area contributed by atoms with Gasteiger partial charge >= 0.3 is 361 Å². The Balaban J connectivity index is 1.74. The molecular weight excluding hydrogens is 872 g/mol. The van der Waals surface area contributed by atoms with Crippen LogP contribution in [0.5, 0.6) is 0 Å². The number of carbonyl (C=O) groups excluding carboxylic acids is 1. The van der Waals surface area contributed by atoms with E-state index in [0.717, 1.165) is 0 Å². The van der Waals surface area contributed by atoms with E-state index in [1.165, 1.54) is 47.7 Å². The standard InChI is InChI=1S/3C18H15P.CHO.Rh/c3*1-4-10-16(11-5-1)19(17-12-6-2-7-13-17)18-14-8-3-9-15-18;1-2;/h3*1-15H;1H;/q;;;;-3/p+3. The van der Waals surface area contributed by atoms with Crippen LogP contribution in [-0.2, 0) is 18.1 Å². The van der Waals surface area contributed by atoms with E-state index in [4.69, 9.17) is 0 Å². The minimum absolute atomic E-state index is 1.27. The van der Waals surface area contributed by atoms with Crippen molar-refractivity contribution in [2.75, 3.05) is 0 Å². The second-order valence-corrected chi connectivity index (χ2v) is 53.1. The van der Waals surface area contributed by atoms with Crippen LogP contribution in [0.25, 0.3) is 0 Å². The molecule has 0 radical (unpaired) electrons. The summed E-state index contributed by atoms with van der Waals surface area (Å²) in [5, 5.41) is 11.5. The van der Waals surface area contributed by atoms with Gasteiger partial charge in [0.25, 0.3) is 0 Å². The second kappa shape index (κ2) is 17.7. The molecule has 0 spiro atoms. The summed E-state index contributed by atoms with van der Waals surface area (Å²) in [4.78, 5) is 18.8. The average Bonchev–Trinajstić information content (AvgIpc) is 3.35. The van der Waals surface area contributed by atoms with Gasteiger partial charge in [-0.1, -0.05) is 0 Å². The SMILES string of the molecule is O=[CH][Rh]([PH](c1ccccc1)(c1ccccc1)c1ccccc1)([PH](c1ccccc1)(c1ccccc1)c1ccccc1)[PH](c1ccccc1)(c1ccccc1)c1ccccc1. The van der Waals surface area contributed by atoms with E-state index in [2.05, 4.69) is 273 Å². The molecule has 0 heterocycles. The molecule has 0 saturated carbocycles. The molecule has 9 aromatic carbocycles. The fraction of sp³-hybridized carbons (Fsp3) is 0. The third-order valence-corrected chi connectivity index (χ3v) is 82.8. The van der Waals surface area contributed by atoms with Crippen molar-refractivity contribution in [3.05, 3.63) is 273 Å². The summed E-state index contributed by atoms with van der Waals surface area (Å²) >= 11 is -4.48. The van der Waals surface area contributed by atoms with Crippen LogP contribution in [0.15, 0.2) is 273 Å². The van der Waals surface area contributed by atoms with Crippen LogP contribution in [0.3, 0.4) is 0 Å². The molecule has 0 bridgehead atoms. The van der Waals surface area contributed by atoms with E-state index in [1.807, 2.05) is 0 Å². The molecule has 0 atom stereocenters. The molecule has 0 aliphatic rings. The predicted molar refractivity (Wildman–Crippen MR) is 266 cm³/mol. The maximum absolute atomic E-state index is 17.1. The number of benzene rings is 9. The summed E-state index contributed by atoms with van der Waals surface area (Å²) in [6.07, 6.45) is 0. The van der Waals surface area contributed by atoms with Crippen molar-refractivity contribution in [2.24, 2.45) is 0 Å². The topological polar surface area (TPSA) is 17.1 Å². The molecule has 0 N–H and O–H groups in total. The van der Waals surface area contributed by atoms with Crippen molar-refractivity contribution < 1.29 is 18.1 Å². The normalized spacial score (nSPS) is 14.2. The maximum atomic E-state index is 17.1. The third kappa shape index (κ3) is 6.16. The summed E-state index contributed by atoms with van der Waals surface area (Å²) in [6, 6.07) is 102. The summed E-state index contributed by atoms with van der Waals surface area (Å²) in [7, 11) is 0. The Morgan fingerprint density at radius 3 is 0.433 bits per heavy atom. The first-order chi connectivity index (χ1) is 29.8. The van der Waals surface area contributed by atoms with Gasteiger partial charge in [-0.2, -0.15) is 0 Å². The molecule has 60 heavy (non-hydrogen) atoms. The molecule has 0 amide bonds. The Morgan fingerprint density at radius 1 is 0.217 bits per heavy atom. The van der Waals surface area contributed by atoms with E-state index in [9.17, 15) is 0 Å². The first kappa shape index (κ1) is 40.0. The Bertz CT molecular complexity index is 2150. The molecule has 0 fully saturated rings. The van der Waals surface area contributed by atoms with Gasteiger partial charge in [0.15, 0.2) is 0 Å². The second-order valence-electron chi connectivity index (χ2n) is 14.8. The molecule has 9 aromatic rings. The van der Waals surface area contributed by atoms with Crippen molar-refractivity contribution in [2.45, 2.75) is 0 Å². The zero-order chi connectivity index (χ0) is 40.7. The zero-order valence-electron chi connectivity index (χ0n) is 33.3. The van der Waals surface area contributed by atoms with Gasteiger partial charge in [0.2, 0.25) is 0 Å². The van der Waals surface area contributed by atoms with Gasteiger partial charge in [-0.25, -0.2) is 0 Å². The monoisotopic (exact) mass is 921 g/mol. The Labute approximate surface area is 358 Å². The van der Waals surface area contributed by atoms with E-state index in [-0.39, 0.29) is 0 Å². The van der Waals surface area contributed by atoms with Crippen LogP contribution in [-0.4, -0.2) is 4.88 Å². The van der Waals surface area contributed by atoms with Gasteiger partial charge in [-0.05, 0) is 0 Å². The van der Waals surface area contributed by atoms with Gasteiger partial charge in [0.05, 0.1) is 0 Å². The van der Waals surface area contributed by atoms with Crippen LogP contribution in [0, 0.1) is 0 Å². The molecule has 0 aliphatic carbocycles. The van der Waals surface area contributed by atoms with E-state index in [1.54, 1.807) is 4.88 Å². The number of rotatable bonds is 13. The van der Waals surface area contributed by atoms with Gasteiger partial charge in [-0.15, -0.1) is 0 Å². The van der Waals surface area contributed by atoms with E-state index < -0.39 is 30.1 Å². The quantitative estimate of drug-likeness (QED) is 0.0641. The number of hydrogen-bond donors (Lipinski definition) is 0. The summed E-state index contributed by atoms with van der Waals surface area (Å²) in [5.41, 5.74) is -11.0. The molecule has 0 aliphatic heterocycles. The molecule has 0 aromatic heterocycles. The molecule has 0 saturated heterocycles. The van der Waals surface area contributed by atoms with E-state index in [0.29, 0.717) is 0 Å². The molecule has 9 rings (SSSR count). The first-order valence-electron chi connectivity index (χ1n) is 20.4. The van der Waals surface area contributed by atoms with Crippen LogP contribution in [0.1, 0.15) is 0 Å². The third-order valence-electron chi connectivity index (χ3n) is 11.7. The fourth-order valence-electron chi connectivity index (χ4n) is 9.55. The number of hydrogen-bond acceptors (Lipinski definition) is 1. The molecular formula is C55H49OP3Rh. The Morgan fingerprint density at radius 2 is 0.333 bits per heavy atom. The van der Waals surface area contributed by atoms with Crippen molar-refractivity contribution in [1.29, 1.82) is 0 Å². The van der Waals surface area contributed by atoms with Crippen LogP contribution >= 0.6 is 16.8 Å². The molecule has 1 nitrogen and oxygen atoms in total. The molecule has 5 heteroatoms. The van der Waals surface area contributed by atoms with Crippen LogP contribution in [0.4, 0.5) is 0 Å². The number of carbonyl (C=O) groups is 1. The van der Waals surface area contributed by atoms with Gasteiger partial charge in [-0.3, -0.25) is 0 Å². The Hall–Kier alpha value is -5.44. The minimum atomic E-state index is -4.48. The van der Waals surface area contributed by atoms with Crippen molar-refractivity contribution in [1.82, 2.24) is 0 Å². The summed E-state index contributed by atoms with van der Waals surface area (Å²) in [6.45, 7) is 0. The van der Waals surface area contributed by atoms with Gasteiger partial charge in [0.1, 0.15) is 0 Å². The van der Waals surface area contributed by atoms with Crippen LogP contribution < -0.4 is 47.7 Å². The summed E-state index contributed by atoms with van der Waals surface area (Å²) < 4.78 is 0. The van der Waals surface area contributed by atoms with E-state index >= 15 is 4.79 Å². The zero-order valence-corrected chi connectivity index (χ0v) is 37.9. The van der Waals surface area contributed by atoms with Crippen molar-refractivity contribution in [3.63, 3.8) is 0 Å². The van der Waals surface area contributed by atoms with Gasteiger partial charge < -0.3 is 0 Å². The van der Waals surface area contributed by atoms with Crippen molar-refractivity contribution >= 4 is 69.4 Å². The van der Waals surface area contributed by atoms with Crippen molar-refractivity contribution in [3.8, 4) is 0 Å². The first-order valence-corrected chi connectivity index (χ1v) is 34.2. The Kier molecular flexibility index (Phi) is 11.8. The fourth-order valence-corrected chi connectivity index (χ4v) is 112. The molecule has 0 unspecified atom stereocenters. The predicted octanol–water partition coefficient (Wildman–Crippen LogP) is 9.25. The average molecular weight is 922 g/mol. The summed E-state index contributed by atoms with van der Waals surface area (Å²) in [5.74, 6) is 0. The van der Waals surface area contributed by atoms with Gasteiger partial charge in [0, 0.05) is 0 Å². The van der Waals surface area contributed by atoms with Crippen LogP contribution in [0.2, 0.25) is 0 Å². The molecule has 299 valence electrons.